The summed E-state index contributed by atoms with van der Waals surface area (Å²) >= 11 is 0. The molecule has 0 spiro atoms. The van der Waals surface area contributed by atoms with Crippen LogP contribution in [0.25, 0.3) is 11.3 Å². The maximum absolute atomic E-state index is 5.25. The van der Waals surface area contributed by atoms with Crippen LogP contribution in [-0.2, 0) is 6.42 Å². The lowest BCUT2D eigenvalue weighted by atomic mass is 10.0. The molecular weight excluding hydrogens is 226 g/mol. The van der Waals surface area contributed by atoms with E-state index in [2.05, 4.69) is 21.6 Å². The average molecular weight is 245 g/mol. The molecule has 0 aliphatic heterocycles. The van der Waals surface area contributed by atoms with Gasteiger partial charge in [-0.15, -0.1) is 0 Å². The van der Waals surface area contributed by atoms with Crippen LogP contribution in [0.3, 0.4) is 0 Å². The highest BCUT2D eigenvalue weighted by molar-refractivity contribution is 5.64. The maximum Gasteiger partial charge on any atom is 0.119 e. The smallest absolute Gasteiger partial charge is 0.119 e. The van der Waals surface area contributed by atoms with Crippen molar-refractivity contribution in [1.82, 2.24) is 15.5 Å². The fourth-order valence-corrected chi connectivity index (χ4v) is 1.98. The Morgan fingerprint density at radius 1 is 1.39 bits per heavy atom. The fourth-order valence-electron chi connectivity index (χ4n) is 1.98. The molecule has 1 heterocycles. The molecule has 2 aromatic rings. The van der Waals surface area contributed by atoms with E-state index in [9.17, 15) is 0 Å². The zero-order valence-corrected chi connectivity index (χ0v) is 10.9. The first-order valence-corrected chi connectivity index (χ1v) is 6.16. The number of aromatic amines is 1. The predicted octanol–water partition coefficient (Wildman–Crippen LogP) is 2.24. The molecule has 18 heavy (non-hydrogen) atoms. The monoisotopic (exact) mass is 245 g/mol. The third kappa shape index (κ3) is 2.90. The molecule has 0 aliphatic rings. The van der Waals surface area contributed by atoms with Crippen molar-refractivity contribution < 1.29 is 4.74 Å². The molecule has 96 valence electrons. The molecule has 0 aliphatic carbocycles. The highest BCUT2D eigenvalue weighted by atomic mass is 16.5. The molecule has 1 aromatic heterocycles. The molecule has 0 saturated carbocycles. The van der Waals surface area contributed by atoms with Crippen LogP contribution >= 0.6 is 0 Å². The minimum atomic E-state index is 0.864. The predicted molar refractivity (Wildman–Crippen MR) is 72.8 cm³/mol. The number of aryl methyl sites for hydroxylation is 1. The van der Waals surface area contributed by atoms with Crippen LogP contribution in [0.15, 0.2) is 30.5 Å². The number of nitrogens with zero attached hydrogens (tertiary/aromatic N) is 1. The number of nitrogens with one attached hydrogen (secondary N) is 2. The topological polar surface area (TPSA) is 49.9 Å². The standard InChI is InChI=1S/C14H19N3O/c1-15-8-4-6-12-10-16-17-14(12)11-5-3-7-13(9-11)18-2/h3,5,7,9-10,15H,4,6,8H2,1-2H3,(H,16,17). The SMILES string of the molecule is CNCCCc1cn[nH]c1-c1cccc(OC)c1. The number of aromatic nitrogens is 2. The Morgan fingerprint density at radius 3 is 3.06 bits per heavy atom. The van der Waals surface area contributed by atoms with Gasteiger partial charge in [-0.05, 0) is 44.1 Å². The lowest BCUT2D eigenvalue weighted by Crippen LogP contribution is -2.08. The Bertz CT molecular complexity index is 493. The Labute approximate surface area is 107 Å². The van der Waals surface area contributed by atoms with E-state index < -0.39 is 0 Å². The molecule has 0 bridgehead atoms. The van der Waals surface area contributed by atoms with Gasteiger partial charge in [0.2, 0.25) is 0 Å². The Kier molecular flexibility index (Phi) is 4.36. The van der Waals surface area contributed by atoms with E-state index in [1.807, 2.05) is 31.4 Å². The Balaban J connectivity index is 2.19. The first-order valence-electron chi connectivity index (χ1n) is 6.16. The number of methoxy groups -OCH3 is 1. The summed E-state index contributed by atoms with van der Waals surface area (Å²) in [6.45, 7) is 1.02. The summed E-state index contributed by atoms with van der Waals surface area (Å²) in [5.74, 6) is 0.864. The van der Waals surface area contributed by atoms with Crippen LogP contribution in [0.1, 0.15) is 12.0 Å². The zero-order chi connectivity index (χ0) is 12.8. The summed E-state index contributed by atoms with van der Waals surface area (Å²) in [6.07, 6.45) is 4.03. The summed E-state index contributed by atoms with van der Waals surface area (Å²) in [6, 6.07) is 8.03. The van der Waals surface area contributed by atoms with Gasteiger partial charge in [-0.2, -0.15) is 5.10 Å². The van der Waals surface area contributed by atoms with Gasteiger partial charge in [-0.25, -0.2) is 0 Å². The number of H-pyrrole nitrogens is 1. The summed E-state index contributed by atoms with van der Waals surface area (Å²) in [5.41, 5.74) is 3.45. The fraction of sp³-hybridized carbons (Fsp3) is 0.357. The summed E-state index contributed by atoms with van der Waals surface area (Å²) in [4.78, 5) is 0. The van der Waals surface area contributed by atoms with Crippen LogP contribution in [0.4, 0.5) is 0 Å². The second-order valence-corrected chi connectivity index (χ2v) is 4.21. The van der Waals surface area contributed by atoms with E-state index >= 15 is 0 Å². The van der Waals surface area contributed by atoms with Crippen molar-refractivity contribution in [2.24, 2.45) is 0 Å². The van der Waals surface area contributed by atoms with Gasteiger partial charge >= 0.3 is 0 Å². The molecule has 2 rings (SSSR count). The minimum absolute atomic E-state index is 0.864. The second kappa shape index (κ2) is 6.21. The van der Waals surface area contributed by atoms with Crippen molar-refractivity contribution in [2.45, 2.75) is 12.8 Å². The zero-order valence-electron chi connectivity index (χ0n) is 10.9. The lowest BCUT2D eigenvalue weighted by molar-refractivity contribution is 0.415. The van der Waals surface area contributed by atoms with Crippen molar-refractivity contribution in [3.8, 4) is 17.0 Å². The first-order chi connectivity index (χ1) is 8.85. The normalized spacial score (nSPS) is 10.6. The lowest BCUT2D eigenvalue weighted by Gasteiger charge is -2.05. The third-order valence-electron chi connectivity index (χ3n) is 2.95. The summed E-state index contributed by atoms with van der Waals surface area (Å²) < 4.78 is 5.25. The number of benzene rings is 1. The van der Waals surface area contributed by atoms with Crippen LogP contribution in [0.2, 0.25) is 0 Å². The molecule has 1 aromatic carbocycles. The largest absolute Gasteiger partial charge is 0.497 e. The van der Waals surface area contributed by atoms with Gasteiger partial charge in [-0.1, -0.05) is 12.1 Å². The number of rotatable bonds is 6. The summed E-state index contributed by atoms with van der Waals surface area (Å²) in [5, 5.41) is 10.4. The van der Waals surface area contributed by atoms with Crippen LogP contribution in [0, 0.1) is 0 Å². The van der Waals surface area contributed by atoms with Crippen LogP contribution in [-0.4, -0.2) is 30.9 Å². The van der Waals surface area contributed by atoms with E-state index in [4.69, 9.17) is 4.74 Å². The van der Waals surface area contributed by atoms with E-state index in [-0.39, 0.29) is 0 Å². The van der Waals surface area contributed by atoms with Gasteiger partial charge in [0.25, 0.3) is 0 Å². The number of hydrogen-bond acceptors (Lipinski definition) is 3. The van der Waals surface area contributed by atoms with E-state index in [0.717, 1.165) is 36.4 Å². The van der Waals surface area contributed by atoms with Gasteiger partial charge in [0.15, 0.2) is 0 Å². The highest BCUT2D eigenvalue weighted by Gasteiger charge is 2.08. The quantitative estimate of drug-likeness (QED) is 0.767. The number of hydrogen-bond donors (Lipinski definition) is 2. The van der Waals surface area contributed by atoms with Gasteiger partial charge in [0, 0.05) is 5.56 Å². The third-order valence-corrected chi connectivity index (χ3v) is 2.95. The van der Waals surface area contributed by atoms with Gasteiger partial charge in [0.1, 0.15) is 5.75 Å². The van der Waals surface area contributed by atoms with E-state index in [0.29, 0.717) is 0 Å². The van der Waals surface area contributed by atoms with Gasteiger partial charge in [0.05, 0.1) is 19.0 Å². The Morgan fingerprint density at radius 2 is 2.28 bits per heavy atom. The molecular formula is C14H19N3O. The summed E-state index contributed by atoms with van der Waals surface area (Å²) in [7, 11) is 3.65. The second-order valence-electron chi connectivity index (χ2n) is 4.21. The molecule has 0 unspecified atom stereocenters. The van der Waals surface area contributed by atoms with Crippen molar-refractivity contribution in [2.75, 3.05) is 20.7 Å². The molecule has 0 atom stereocenters. The molecule has 0 saturated heterocycles. The van der Waals surface area contributed by atoms with E-state index in [1.165, 1.54) is 5.56 Å². The minimum Gasteiger partial charge on any atom is -0.497 e. The number of ether oxygens (including phenoxy) is 1. The molecule has 2 N–H and O–H groups in total. The van der Waals surface area contributed by atoms with E-state index in [1.54, 1.807) is 7.11 Å². The highest BCUT2D eigenvalue weighted by Crippen LogP contribution is 2.25. The average Bonchev–Trinajstić information content (AvgIpc) is 2.87. The Hall–Kier alpha value is -1.81. The first kappa shape index (κ1) is 12.6. The van der Waals surface area contributed by atoms with Gasteiger partial charge < -0.3 is 10.1 Å². The van der Waals surface area contributed by atoms with Crippen molar-refractivity contribution in [3.63, 3.8) is 0 Å². The van der Waals surface area contributed by atoms with Crippen molar-refractivity contribution in [1.29, 1.82) is 0 Å². The molecule has 4 nitrogen and oxygen atoms in total. The van der Waals surface area contributed by atoms with Crippen LogP contribution in [0.5, 0.6) is 5.75 Å². The van der Waals surface area contributed by atoms with Crippen LogP contribution < -0.4 is 10.1 Å². The molecule has 0 radical (unpaired) electrons. The molecule has 4 heteroatoms. The molecule has 0 amide bonds. The van der Waals surface area contributed by atoms with Crippen molar-refractivity contribution >= 4 is 0 Å². The molecule has 0 fully saturated rings. The van der Waals surface area contributed by atoms with Gasteiger partial charge in [-0.3, -0.25) is 5.10 Å². The van der Waals surface area contributed by atoms with Crippen molar-refractivity contribution in [3.05, 3.63) is 36.0 Å². The maximum atomic E-state index is 5.25.